The minimum absolute atomic E-state index is 0.142. The molecular formula is C8H13N3O. The topological polar surface area (TPSA) is 64.9 Å². The van der Waals surface area contributed by atoms with Gasteiger partial charge in [0.2, 0.25) is 11.8 Å². The molecule has 1 aromatic rings. The molecule has 0 spiro atoms. The van der Waals surface area contributed by atoms with Gasteiger partial charge in [-0.15, -0.1) is 10.2 Å². The van der Waals surface area contributed by atoms with E-state index in [1.165, 1.54) is 0 Å². The normalized spacial score (nSPS) is 13.9. The fourth-order valence-corrected chi connectivity index (χ4v) is 0.781. The van der Waals surface area contributed by atoms with E-state index in [0.29, 0.717) is 11.8 Å². The Hall–Kier alpha value is -1.16. The van der Waals surface area contributed by atoms with Gasteiger partial charge in [-0.3, -0.25) is 0 Å². The Morgan fingerprint density at radius 2 is 2.33 bits per heavy atom. The first-order valence-electron chi connectivity index (χ1n) is 3.99. The number of allylic oxidation sites excluding steroid dienone is 1. The summed E-state index contributed by atoms with van der Waals surface area (Å²) in [6, 6.07) is -0.142. The van der Waals surface area contributed by atoms with Gasteiger partial charge in [-0.1, -0.05) is 13.0 Å². The molecule has 4 nitrogen and oxygen atoms in total. The van der Waals surface area contributed by atoms with Crippen LogP contribution in [0.3, 0.4) is 0 Å². The molecular weight excluding hydrogens is 154 g/mol. The molecule has 1 aromatic heterocycles. The van der Waals surface area contributed by atoms with Gasteiger partial charge in [-0.25, -0.2) is 0 Å². The summed E-state index contributed by atoms with van der Waals surface area (Å²) in [7, 11) is 0. The molecule has 0 aliphatic rings. The van der Waals surface area contributed by atoms with Crippen molar-refractivity contribution in [2.45, 2.75) is 26.3 Å². The van der Waals surface area contributed by atoms with E-state index >= 15 is 0 Å². The highest BCUT2D eigenvalue weighted by Crippen LogP contribution is 2.11. The average molecular weight is 167 g/mol. The zero-order valence-electron chi connectivity index (χ0n) is 7.32. The van der Waals surface area contributed by atoms with Crippen LogP contribution in [-0.4, -0.2) is 10.2 Å². The van der Waals surface area contributed by atoms with Crippen LogP contribution in [0, 0.1) is 0 Å². The summed E-state index contributed by atoms with van der Waals surface area (Å²) in [6.07, 6.45) is 4.39. The summed E-state index contributed by atoms with van der Waals surface area (Å²) in [6.45, 7) is 3.87. The molecule has 0 saturated heterocycles. The van der Waals surface area contributed by atoms with Crippen molar-refractivity contribution in [3.63, 3.8) is 0 Å². The molecule has 12 heavy (non-hydrogen) atoms. The fourth-order valence-electron chi connectivity index (χ4n) is 0.781. The van der Waals surface area contributed by atoms with Crippen molar-refractivity contribution in [3.8, 4) is 0 Å². The lowest BCUT2D eigenvalue weighted by atomic mass is 10.2. The molecule has 1 atom stereocenters. The van der Waals surface area contributed by atoms with E-state index in [-0.39, 0.29) is 6.04 Å². The van der Waals surface area contributed by atoms with Crippen LogP contribution in [0.4, 0.5) is 0 Å². The first-order valence-corrected chi connectivity index (χ1v) is 3.99. The number of nitrogens with two attached hydrogens (primary N) is 1. The van der Waals surface area contributed by atoms with E-state index in [1.54, 1.807) is 6.08 Å². The monoisotopic (exact) mass is 167 g/mol. The van der Waals surface area contributed by atoms with Gasteiger partial charge in [0.25, 0.3) is 0 Å². The highest BCUT2D eigenvalue weighted by molar-refractivity contribution is 5.35. The van der Waals surface area contributed by atoms with Gasteiger partial charge in [-0.05, 0) is 19.4 Å². The minimum Gasteiger partial charge on any atom is -0.420 e. The number of nitrogens with zero attached hydrogens (tertiary/aromatic N) is 2. The van der Waals surface area contributed by atoms with Crippen molar-refractivity contribution in [1.82, 2.24) is 10.2 Å². The summed E-state index contributed by atoms with van der Waals surface area (Å²) in [5.41, 5.74) is 5.68. The van der Waals surface area contributed by atoms with Crippen LogP contribution >= 0.6 is 0 Å². The van der Waals surface area contributed by atoms with Crippen LogP contribution in [0.1, 0.15) is 38.1 Å². The Labute approximate surface area is 71.5 Å². The van der Waals surface area contributed by atoms with Gasteiger partial charge in [-0.2, -0.15) is 0 Å². The van der Waals surface area contributed by atoms with E-state index in [2.05, 4.69) is 10.2 Å². The molecule has 0 saturated carbocycles. The lowest BCUT2D eigenvalue weighted by Gasteiger charge is -1.99. The Balaban J connectivity index is 2.76. The number of aromatic nitrogens is 2. The Bertz CT molecular complexity index is 267. The van der Waals surface area contributed by atoms with E-state index < -0.39 is 0 Å². The first-order chi connectivity index (χ1) is 5.77. The van der Waals surface area contributed by atoms with Gasteiger partial charge in [0.15, 0.2) is 0 Å². The summed E-state index contributed by atoms with van der Waals surface area (Å²) in [5.74, 6) is 1.02. The molecule has 0 amide bonds. The van der Waals surface area contributed by atoms with Crippen LogP contribution in [0.15, 0.2) is 10.5 Å². The maximum atomic E-state index is 5.68. The second-order valence-electron chi connectivity index (χ2n) is 2.49. The Kier molecular flexibility index (Phi) is 2.99. The van der Waals surface area contributed by atoms with Crippen LogP contribution in [-0.2, 0) is 0 Å². The zero-order valence-corrected chi connectivity index (χ0v) is 7.32. The third kappa shape index (κ3) is 1.92. The highest BCUT2D eigenvalue weighted by Gasteiger charge is 2.10. The first kappa shape index (κ1) is 8.93. The molecule has 0 fully saturated rings. The Morgan fingerprint density at radius 1 is 1.58 bits per heavy atom. The Morgan fingerprint density at radius 3 is 2.92 bits per heavy atom. The van der Waals surface area contributed by atoms with Gasteiger partial charge >= 0.3 is 0 Å². The van der Waals surface area contributed by atoms with E-state index in [4.69, 9.17) is 10.2 Å². The number of rotatable bonds is 3. The molecule has 0 aromatic carbocycles. The summed E-state index contributed by atoms with van der Waals surface area (Å²) in [5, 5.41) is 7.60. The maximum absolute atomic E-state index is 5.68. The molecule has 4 heteroatoms. The molecule has 2 N–H and O–H groups in total. The van der Waals surface area contributed by atoms with E-state index in [0.717, 1.165) is 6.42 Å². The van der Waals surface area contributed by atoms with Crippen molar-refractivity contribution in [3.05, 3.63) is 17.9 Å². The summed E-state index contributed by atoms with van der Waals surface area (Å²) < 4.78 is 5.24. The van der Waals surface area contributed by atoms with Crippen LogP contribution < -0.4 is 5.73 Å². The molecule has 0 bridgehead atoms. The van der Waals surface area contributed by atoms with Crippen LogP contribution in [0.25, 0.3) is 6.08 Å². The highest BCUT2D eigenvalue weighted by atomic mass is 16.4. The molecule has 1 rings (SSSR count). The largest absolute Gasteiger partial charge is 0.420 e. The summed E-state index contributed by atoms with van der Waals surface area (Å²) in [4.78, 5) is 0. The van der Waals surface area contributed by atoms with Crippen LogP contribution in [0.2, 0.25) is 0 Å². The number of hydrogen-bond acceptors (Lipinski definition) is 4. The lowest BCUT2D eigenvalue weighted by molar-refractivity contribution is 0.438. The van der Waals surface area contributed by atoms with Gasteiger partial charge < -0.3 is 10.2 Å². The molecule has 1 heterocycles. The predicted molar refractivity (Wildman–Crippen MR) is 46.2 cm³/mol. The second kappa shape index (κ2) is 4.01. The van der Waals surface area contributed by atoms with E-state index in [9.17, 15) is 0 Å². The van der Waals surface area contributed by atoms with E-state index in [1.807, 2.05) is 19.9 Å². The fraction of sp³-hybridized carbons (Fsp3) is 0.500. The summed E-state index contributed by atoms with van der Waals surface area (Å²) >= 11 is 0. The lowest BCUT2D eigenvalue weighted by Crippen LogP contribution is -2.08. The molecule has 66 valence electrons. The quantitative estimate of drug-likeness (QED) is 0.741. The van der Waals surface area contributed by atoms with Gasteiger partial charge in [0.1, 0.15) is 0 Å². The van der Waals surface area contributed by atoms with Crippen molar-refractivity contribution < 1.29 is 4.42 Å². The van der Waals surface area contributed by atoms with Gasteiger partial charge in [0, 0.05) is 0 Å². The molecule has 0 aliphatic carbocycles. The number of hydrogen-bond donors (Lipinski definition) is 1. The third-order valence-electron chi connectivity index (χ3n) is 1.52. The second-order valence-corrected chi connectivity index (χ2v) is 2.49. The zero-order chi connectivity index (χ0) is 8.97. The van der Waals surface area contributed by atoms with Crippen LogP contribution in [0.5, 0.6) is 0 Å². The van der Waals surface area contributed by atoms with Gasteiger partial charge in [0.05, 0.1) is 6.04 Å². The standard InChI is InChI=1S/C8H13N3O/c1-3-5-7-10-11-8(12-7)6(9)4-2/h3,5-6H,4,9H2,1-2H3/b5-3+. The van der Waals surface area contributed by atoms with Crippen molar-refractivity contribution in [2.24, 2.45) is 5.73 Å². The maximum Gasteiger partial charge on any atom is 0.240 e. The smallest absolute Gasteiger partial charge is 0.240 e. The predicted octanol–water partition coefficient (Wildman–Crippen LogP) is 1.51. The molecule has 1 unspecified atom stereocenters. The third-order valence-corrected chi connectivity index (χ3v) is 1.52. The van der Waals surface area contributed by atoms with Crippen molar-refractivity contribution >= 4 is 6.08 Å². The molecule has 0 aliphatic heterocycles. The SMILES string of the molecule is C/C=C/c1nnc(C(N)CC)o1. The van der Waals surface area contributed by atoms with Crippen molar-refractivity contribution in [1.29, 1.82) is 0 Å². The minimum atomic E-state index is -0.142. The molecule has 0 radical (unpaired) electrons. The van der Waals surface area contributed by atoms with Crippen molar-refractivity contribution in [2.75, 3.05) is 0 Å². The average Bonchev–Trinajstić information content (AvgIpc) is 2.52.